The molecule has 0 saturated carbocycles. The van der Waals surface area contributed by atoms with Crippen molar-refractivity contribution in [3.63, 3.8) is 0 Å². The summed E-state index contributed by atoms with van der Waals surface area (Å²) in [7, 11) is 0. The third-order valence-electron chi connectivity index (χ3n) is 2.54. The first-order chi connectivity index (χ1) is 9.10. The molecular weight excluding hydrogens is 398 g/mol. The molecule has 5 heteroatoms. The Morgan fingerprint density at radius 1 is 1.16 bits per heavy atom. The molecule has 0 fully saturated rings. The molecular formula is C14H10Br2ClFO. The van der Waals surface area contributed by atoms with Crippen molar-refractivity contribution < 1.29 is 9.13 Å². The molecule has 0 heterocycles. The molecule has 0 aromatic heterocycles. The van der Waals surface area contributed by atoms with E-state index in [1.54, 1.807) is 0 Å². The van der Waals surface area contributed by atoms with Gasteiger partial charge in [0.1, 0.15) is 18.2 Å². The van der Waals surface area contributed by atoms with Crippen LogP contribution in [0.25, 0.3) is 0 Å². The molecule has 0 aliphatic rings. The molecule has 0 bridgehead atoms. The number of ether oxygens (including phenoxy) is 1. The van der Waals surface area contributed by atoms with E-state index in [4.69, 9.17) is 16.3 Å². The third kappa shape index (κ3) is 3.94. The van der Waals surface area contributed by atoms with Crippen molar-refractivity contribution in [2.45, 2.75) is 11.9 Å². The molecule has 0 unspecified atom stereocenters. The summed E-state index contributed by atoms with van der Waals surface area (Å²) in [6, 6.07) is 10.0. The van der Waals surface area contributed by atoms with Gasteiger partial charge in [-0.1, -0.05) is 33.6 Å². The first-order valence-electron chi connectivity index (χ1n) is 5.51. The van der Waals surface area contributed by atoms with Crippen LogP contribution in [0.1, 0.15) is 11.1 Å². The van der Waals surface area contributed by atoms with Crippen LogP contribution in [0.2, 0.25) is 5.02 Å². The Morgan fingerprint density at radius 3 is 2.63 bits per heavy atom. The first-order valence-corrected chi connectivity index (χ1v) is 7.80. The Morgan fingerprint density at radius 2 is 1.95 bits per heavy atom. The smallest absolute Gasteiger partial charge is 0.134 e. The molecule has 1 nitrogen and oxygen atoms in total. The number of hydrogen-bond acceptors (Lipinski definition) is 1. The maximum atomic E-state index is 13.1. The van der Waals surface area contributed by atoms with Gasteiger partial charge in [-0.2, -0.15) is 0 Å². The van der Waals surface area contributed by atoms with Gasteiger partial charge < -0.3 is 4.74 Å². The molecule has 2 rings (SSSR count). The molecule has 0 radical (unpaired) electrons. The fourth-order valence-corrected chi connectivity index (χ4v) is 2.62. The minimum Gasteiger partial charge on any atom is -0.488 e. The Kier molecular flexibility index (Phi) is 5.25. The molecule has 19 heavy (non-hydrogen) atoms. The summed E-state index contributed by atoms with van der Waals surface area (Å²) in [6.07, 6.45) is 0. The molecule has 0 atom stereocenters. The van der Waals surface area contributed by atoms with Gasteiger partial charge >= 0.3 is 0 Å². The number of benzene rings is 2. The van der Waals surface area contributed by atoms with Crippen LogP contribution in [0.15, 0.2) is 40.9 Å². The zero-order valence-corrected chi connectivity index (χ0v) is 13.7. The van der Waals surface area contributed by atoms with Crippen LogP contribution in [0.3, 0.4) is 0 Å². The van der Waals surface area contributed by atoms with E-state index >= 15 is 0 Å². The molecule has 0 amide bonds. The average Bonchev–Trinajstić information content (AvgIpc) is 2.40. The van der Waals surface area contributed by atoms with Crippen molar-refractivity contribution >= 4 is 43.5 Å². The molecule has 0 N–H and O–H groups in total. The monoisotopic (exact) mass is 406 g/mol. The van der Waals surface area contributed by atoms with Gasteiger partial charge in [0, 0.05) is 15.9 Å². The summed E-state index contributed by atoms with van der Waals surface area (Å²) in [4.78, 5) is 0. The third-order valence-corrected chi connectivity index (χ3v) is 4.18. The molecule has 2 aromatic carbocycles. The van der Waals surface area contributed by atoms with Crippen LogP contribution in [-0.2, 0) is 11.9 Å². The van der Waals surface area contributed by atoms with E-state index in [1.165, 1.54) is 18.2 Å². The minimum atomic E-state index is -0.322. The van der Waals surface area contributed by atoms with Crippen LogP contribution in [0.4, 0.5) is 4.39 Å². The lowest BCUT2D eigenvalue weighted by Crippen LogP contribution is -1.98. The lowest BCUT2D eigenvalue weighted by atomic mass is 10.2. The fourth-order valence-electron chi connectivity index (χ4n) is 1.55. The maximum absolute atomic E-state index is 13.1. The Balaban J connectivity index is 2.12. The molecule has 100 valence electrons. The zero-order chi connectivity index (χ0) is 13.8. The second kappa shape index (κ2) is 6.73. The highest BCUT2D eigenvalue weighted by molar-refractivity contribution is 9.10. The van der Waals surface area contributed by atoms with E-state index in [-0.39, 0.29) is 12.4 Å². The van der Waals surface area contributed by atoms with Crippen molar-refractivity contribution in [2.24, 2.45) is 0 Å². The van der Waals surface area contributed by atoms with Gasteiger partial charge in [-0.3, -0.25) is 0 Å². The largest absolute Gasteiger partial charge is 0.488 e. The van der Waals surface area contributed by atoms with Crippen molar-refractivity contribution in [3.05, 3.63) is 62.8 Å². The SMILES string of the molecule is Fc1ccc(Cl)c(COc2ccc(CBr)cc2Br)c1. The van der Waals surface area contributed by atoms with Gasteiger partial charge in [0.05, 0.1) is 4.47 Å². The van der Waals surface area contributed by atoms with E-state index in [1.807, 2.05) is 18.2 Å². The van der Waals surface area contributed by atoms with Gasteiger partial charge in [0.15, 0.2) is 0 Å². The lowest BCUT2D eigenvalue weighted by Gasteiger charge is -2.10. The number of rotatable bonds is 4. The highest BCUT2D eigenvalue weighted by Gasteiger charge is 2.06. The van der Waals surface area contributed by atoms with Crippen LogP contribution < -0.4 is 4.74 Å². The molecule has 2 aromatic rings. The van der Waals surface area contributed by atoms with E-state index < -0.39 is 0 Å². The van der Waals surface area contributed by atoms with Crippen LogP contribution in [-0.4, -0.2) is 0 Å². The fraction of sp³-hybridized carbons (Fsp3) is 0.143. The average molecular weight is 408 g/mol. The predicted molar refractivity (Wildman–Crippen MR) is 82.5 cm³/mol. The molecule has 0 aliphatic heterocycles. The number of alkyl halides is 1. The van der Waals surface area contributed by atoms with Crippen molar-refractivity contribution in [2.75, 3.05) is 0 Å². The zero-order valence-electron chi connectivity index (χ0n) is 9.80. The maximum Gasteiger partial charge on any atom is 0.134 e. The normalized spacial score (nSPS) is 10.5. The predicted octanol–water partition coefficient (Wildman–Crippen LogP) is 5.72. The molecule has 0 saturated heterocycles. The van der Waals surface area contributed by atoms with Crippen LogP contribution in [0.5, 0.6) is 5.75 Å². The minimum absolute atomic E-state index is 0.225. The molecule has 0 aliphatic carbocycles. The second-order valence-corrected chi connectivity index (χ2v) is 5.75. The highest BCUT2D eigenvalue weighted by atomic mass is 79.9. The summed E-state index contributed by atoms with van der Waals surface area (Å²) in [6.45, 7) is 0.225. The highest BCUT2D eigenvalue weighted by Crippen LogP contribution is 2.28. The summed E-state index contributed by atoms with van der Waals surface area (Å²) in [5.41, 5.74) is 1.76. The Hall–Kier alpha value is -0.580. The van der Waals surface area contributed by atoms with E-state index in [0.717, 1.165) is 15.4 Å². The van der Waals surface area contributed by atoms with Gasteiger partial charge in [0.2, 0.25) is 0 Å². The van der Waals surface area contributed by atoms with Gasteiger partial charge in [-0.25, -0.2) is 4.39 Å². The van der Waals surface area contributed by atoms with Crippen molar-refractivity contribution in [1.82, 2.24) is 0 Å². The summed E-state index contributed by atoms with van der Waals surface area (Å²) in [5, 5.41) is 1.27. The van der Waals surface area contributed by atoms with Crippen LogP contribution >= 0.6 is 43.5 Å². The van der Waals surface area contributed by atoms with E-state index in [2.05, 4.69) is 31.9 Å². The standard InChI is InChI=1S/C14H10Br2ClFO/c15-7-9-1-4-14(12(16)5-9)19-8-10-6-11(18)2-3-13(10)17/h1-6H,7-8H2. The van der Waals surface area contributed by atoms with E-state index in [0.29, 0.717) is 16.3 Å². The van der Waals surface area contributed by atoms with Crippen LogP contribution in [0, 0.1) is 5.82 Å². The second-order valence-electron chi connectivity index (χ2n) is 3.92. The van der Waals surface area contributed by atoms with Crippen molar-refractivity contribution in [1.29, 1.82) is 0 Å². The topological polar surface area (TPSA) is 9.23 Å². The first kappa shape index (κ1) is 14.8. The quantitative estimate of drug-likeness (QED) is 0.589. The lowest BCUT2D eigenvalue weighted by molar-refractivity contribution is 0.303. The summed E-state index contributed by atoms with van der Waals surface area (Å²) in [5.74, 6) is 0.377. The summed E-state index contributed by atoms with van der Waals surface area (Å²) >= 11 is 12.8. The number of halogens is 4. The number of hydrogen-bond donors (Lipinski definition) is 0. The van der Waals surface area contributed by atoms with Crippen molar-refractivity contribution in [3.8, 4) is 5.75 Å². The Bertz CT molecular complexity index is 590. The van der Waals surface area contributed by atoms with Gasteiger partial charge in [-0.15, -0.1) is 0 Å². The Labute approximate surface area is 133 Å². The van der Waals surface area contributed by atoms with Gasteiger partial charge in [0.25, 0.3) is 0 Å². The summed E-state index contributed by atoms with van der Waals surface area (Å²) < 4.78 is 19.6. The molecule has 0 spiro atoms. The van der Waals surface area contributed by atoms with E-state index in [9.17, 15) is 4.39 Å². The van der Waals surface area contributed by atoms with Gasteiger partial charge in [-0.05, 0) is 51.8 Å².